The van der Waals surface area contributed by atoms with E-state index in [1.165, 1.54) is 12.8 Å². The van der Waals surface area contributed by atoms with Crippen LogP contribution < -0.4 is 0 Å². The van der Waals surface area contributed by atoms with Crippen molar-refractivity contribution < 1.29 is 18.4 Å². The molecule has 6 heterocycles. The van der Waals surface area contributed by atoms with Crippen LogP contribution in [-0.2, 0) is 4.74 Å². The van der Waals surface area contributed by atoms with Crippen LogP contribution >= 0.6 is 0 Å². The van der Waals surface area contributed by atoms with Gasteiger partial charge in [-0.1, -0.05) is 0 Å². The van der Waals surface area contributed by atoms with Crippen molar-refractivity contribution in [2.45, 2.75) is 18.6 Å². The average Bonchev–Trinajstić information content (AvgIpc) is 3.52. The Morgan fingerprint density at radius 3 is 2.61 bits per heavy atom. The summed E-state index contributed by atoms with van der Waals surface area (Å²) in [7, 11) is 0. The molecule has 2 aliphatic heterocycles. The van der Waals surface area contributed by atoms with Gasteiger partial charge in [-0.3, -0.25) is 9.20 Å². The minimum absolute atomic E-state index is 0.0541. The number of likely N-dealkylation sites (tertiary alicyclic amines) is 1. The second-order valence-electron chi connectivity index (χ2n) is 7.01. The first kappa shape index (κ1) is 15.6. The monoisotopic (exact) mass is 377 g/mol. The van der Waals surface area contributed by atoms with Gasteiger partial charge in [0.05, 0.1) is 42.9 Å². The van der Waals surface area contributed by atoms with Crippen molar-refractivity contribution in [1.82, 2.24) is 24.3 Å². The third kappa shape index (κ3) is 2.23. The van der Waals surface area contributed by atoms with Crippen molar-refractivity contribution in [3.05, 3.63) is 49.3 Å². The standard InChI is InChI=1S/C19H15N5O4/c25-19(23-7-13-2-12(23)8-26-13)15-3-22-18-14(17-5-21-10-28-17)1-11(6-24(15)18)16-4-20-9-27-16/h1,3-6,9-10,12-13H,2,7-8H2/t12-,13-/m0/s1. The van der Waals surface area contributed by atoms with Crippen LogP contribution in [0.25, 0.3) is 28.3 Å². The molecule has 0 aromatic carbocycles. The number of hydrogen-bond donors (Lipinski definition) is 0. The Balaban J connectivity index is 1.52. The lowest BCUT2D eigenvalue weighted by atomic mass is 10.1. The van der Waals surface area contributed by atoms with Crippen LogP contribution in [-0.4, -0.2) is 55.5 Å². The van der Waals surface area contributed by atoms with Crippen LogP contribution in [0.5, 0.6) is 0 Å². The van der Waals surface area contributed by atoms with E-state index in [1.807, 2.05) is 17.2 Å². The maximum atomic E-state index is 13.2. The average molecular weight is 377 g/mol. The summed E-state index contributed by atoms with van der Waals surface area (Å²) in [6.45, 7) is 1.22. The van der Waals surface area contributed by atoms with Crippen LogP contribution in [0.2, 0.25) is 0 Å². The largest absolute Gasteiger partial charge is 0.443 e. The molecule has 9 nitrogen and oxygen atoms in total. The number of amides is 1. The molecule has 0 N–H and O–H groups in total. The van der Waals surface area contributed by atoms with Gasteiger partial charge in [0, 0.05) is 18.3 Å². The van der Waals surface area contributed by atoms with Gasteiger partial charge in [0.2, 0.25) is 0 Å². The molecule has 0 spiro atoms. The Morgan fingerprint density at radius 2 is 1.93 bits per heavy atom. The Morgan fingerprint density at radius 1 is 1.11 bits per heavy atom. The number of nitrogens with zero attached hydrogens (tertiary/aromatic N) is 5. The molecule has 140 valence electrons. The molecule has 2 fully saturated rings. The smallest absolute Gasteiger partial charge is 0.272 e. The van der Waals surface area contributed by atoms with Gasteiger partial charge in [-0.05, 0) is 12.5 Å². The fourth-order valence-corrected chi connectivity index (χ4v) is 4.06. The Kier molecular flexibility index (Phi) is 3.21. The molecule has 6 rings (SSSR count). The number of oxazole rings is 2. The summed E-state index contributed by atoms with van der Waals surface area (Å²) in [6, 6.07) is 2.03. The van der Waals surface area contributed by atoms with E-state index < -0.39 is 0 Å². The number of carbonyl (C=O) groups excluding carboxylic acids is 1. The number of carbonyl (C=O) groups is 1. The lowest BCUT2D eigenvalue weighted by Crippen LogP contribution is -2.41. The SMILES string of the molecule is O=C(c1cnc2c(-c3cnco3)cc(-c3cnco3)cn12)N1C[C@@H]2C[C@H]1CO2. The topological polar surface area (TPSA) is 98.9 Å². The number of aromatic nitrogens is 4. The van der Waals surface area contributed by atoms with Crippen LogP contribution in [0.3, 0.4) is 0 Å². The maximum absolute atomic E-state index is 13.2. The zero-order chi connectivity index (χ0) is 18.7. The Hall–Kier alpha value is -3.46. The number of rotatable bonds is 3. The molecule has 2 atom stereocenters. The highest BCUT2D eigenvalue weighted by atomic mass is 16.5. The molecule has 0 aliphatic carbocycles. The van der Waals surface area contributed by atoms with E-state index in [0.29, 0.717) is 36.0 Å². The van der Waals surface area contributed by atoms with Crippen molar-refractivity contribution in [3.8, 4) is 22.6 Å². The van der Waals surface area contributed by atoms with E-state index in [9.17, 15) is 4.79 Å². The van der Waals surface area contributed by atoms with Crippen molar-refractivity contribution in [3.63, 3.8) is 0 Å². The van der Waals surface area contributed by atoms with Crippen LogP contribution in [0.4, 0.5) is 0 Å². The first-order valence-electron chi connectivity index (χ1n) is 8.99. The van der Waals surface area contributed by atoms with E-state index in [1.54, 1.807) is 23.0 Å². The minimum Gasteiger partial charge on any atom is -0.443 e. The van der Waals surface area contributed by atoms with Gasteiger partial charge in [-0.15, -0.1) is 0 Å². The molecule has 2 bridgehead atoms. The predicted octanol–water partition coefficient (Wildman–Crippen LogP) is 2.26. The van der Waals surface area contributed by atoms with Crippen LogP contribution in [0.1, 0.15) is 16.9 Å². The lowest BCUT2D eigenvalue weighted by Gasteiger charge is -2.26. The molecule has 28 heavy (non-hydrogen) atoms. The normalized spacial score (nSPS) is 21.1. The first-order chi connectivity index (χ1) is 13.8. The summed E-state index contributed by atoms with van der Waals surface area (Å²) in [6.07, 6.45) is 10.5. The lowest BCUT2D eigenvalue weighted by molar-refractivity contribution is 0.0255. The highest BCUT2D eigenvalue weighted by Crippen LogP contribution is 2.32. The molecule has 2 saturated heterocycles. The van der Waals surface area contributed by atoms with E-state index in [0.717, 1.165) is 17.5 Å². The molecule has 4 aromatic heterocycles. The van der Waals surface area contributed by atoms with Gasteiger partial charge in [0.25, 0.3) is 5.91 Å². The zero-order valence-corrected chi connectivity index (χ0v) is 14.7. The second-order valence-corrected chi connectivity index (χ2v) is 7.01. The number of ether oxygens (including phenoxy) is 1. The molecule has 0 unspecified atom stereocenters. The molecule has 0 radical (unpaired) electrons. The van der Waals surface area contributed by atoms with Gasteiger partial charge >= 0.3 is 0 Å². The molecule has 0 saturated carbocycles. The summed E-state index contributed by atoms with van der Waals surface area (Å²) in [5, 5.41) is 0. The van der Waals surface area contributed by atoms with E-state index >= 15 is 0 Å². The summed E-state index contributed by atoms with van der Waals surface area (Å²) < 4.78 is 18.3. The predicted molar refractivity (Wildman–Crippen MR) is 95.4 cm³/mol. The van der Waals surface area contributed by atoms with Crippen molar-refractivity contribution in [2.75, 3.05) is 13.2 Å². The third-order valence-electron chi connectivity index (χ3n) is 5.40. The molecular weight excluding hydrogens is 362 g/mol. The molecular formula is C19H15N5O4. The van der Waals surface area contributed by atoms with Crippen molar-refractivity contribution >= 4 is 11.6 Å². The van der Waals surface area contributed by atoms with Gasteiger partial charge in [0.15, 0.2) is 24.3 Å². The van der Waals surface area contributed by atoms with E-state index in [4.69, 9.17) is 13.6 Å². The van der Waals surface area contributed by atoms with Crippen LogP contribution in [0, 0.1) is 0 Å². The summed E-state index contributed by atoms with van der Waals surface area (Å²) in [5.74, 6) is 1.09. The fourth-order valence-electron chi connectivity index (χ4n) is 4.06. The van der Waals surface area contributed by atoms with Gasteiger partial charge < -0.3 is 18.5 Å². The van der Waals surface area contributed by atoms with Gasteiger partial charge in [-0.25, -0.2) is 15.0 Å². The Labute approximate surface area is 158 Å². The highest BCUT2D eigenvalue weighted by Gasteiger charge is 2.42. The van der Waals surface area contributed by atoms with Crippen molar-refractivity contribution in [2.24, 2.45) is 0 Å². The maximum Gasteiger partial charge on any atom is 0.272 e. The highest BCUT2D eigenvalue weighted by molar-refractivity contribution is 5.95. The van der Waals surface area contributed by atoms with Crippen molar-refractivity contribution in [1.29, 1.82) is 0 Å². The van der Waals surface area contributed by atoms with Gasteiger partial charge in [0.1, 0.15) is 11.3 Å². The summed E-state index contributed by atoms with van der Waals surface area (Å²) in [5.41, 5.74) is 2.58. The fraction of sp³-hybridized carbons (Fsp3) is 0.263. The number of hydrogen-bond acceptors (Lipinski definition) is 7. The number of pyridine rings is 1. The third-order valence-corrected chi connectivity index (χ3v) is 5.40. The summed E-state index contributed by atoms with van der Waals surface area (Å²) >= 11 is 0. The second kappa shape index (κ2) is 5.77. The molecule has 4 aromatic rings. The first-order valence-corrected chi connectivity index (χ1v) is 8.99. The summed E-state index contributed by atoms with van der Waals surface area (Å²) in [4.78, 5) is 27.6. The zero-order valence-electron chi connectivity index (χ0n) is 14.7. The molecule has 1 amide bonds. The van der Waals surface area contributed by atoms with E-state index in [2.05, 4.69) is 15.0 Å². The Bertz CT molecular complexity index is 1160. The molecule has 9 heteroatoms. The number of imidazole rings is 1. The quantitative estimate of drug-likeness (QED) is 0.540. The van der Waals surface area contributed by atoms with Gasteiger partial charge in [-0.2, -0.15) is 0 Å². The number of morpholine rings is 1. The van der Waals surface area contributed by atoms with E-state index in [-0.39, 0.29) is 18.1 Å². The minimum atomic E-state index is -0.0541. The molecule has 2 aliphatic rings. The number of fused-ring (bicyclic) bond motifs is 3. The van der Waals surface area contributed by atoms with Crippen LogP contribution in [0.15, 0.2) is 52.5 Å².